The minimum Gasteiger partial charge on any atom is -0.330 e. The minimum absolute atomic E-state index is 0.161. The maximum atomic E-state index is 5.63. The number of hydrogen-bond donors (Lipinski definition) is 2. The van der Waals surface area contributed by atoms with Gasteiger partial charge in [-0.05, 0) is 24.1 Å². The average molecular weight is 193 g/mol. The Kier molecular flexibility index (Phi) is 4.04. The third kappa shape index (κ3) is 3.85. The third-order valence-corrected chi connectivity index (χ3v) is 2.19. The molecule has 3 heteroatoms. The van der Waals surface area contributed by atoms with E-state index < -0.39 is 0 Å². The van der Waals surface area contributed by atoms with Crippen LogP contribution in [0.5, 0.6) is 0 Å². The Labute approximate surface area is 85.7 Å². The normalized spacial score (nSPS) is 11.6. The molecule has 14 heavy (non-hydrogen) atoms. The summed E-state index contributed by atoms with van der Waals surface area (Å²) in [7, 11) is 0. The van der Waals surface area contributed by atoms with Crippen molar-refractivity contribution in [3.63, 3.8) is 0 Å². The van der Waals surface area contributed by atoms with E-state index in [1.54, 1.807) is 0 Å². The van der Waals surface area contributed by atoms with Gasteiger partial charge in [-0.3, -0.25) is 4.98 Å². The molecule has 0 aromatic carbocycles. The summed E-state index contributed by atoms with van der Waals surface area (Å²) in [5.41, 5.74) is 6.86. The second kappa shape index (κ2) is 5.08. The van der Waals surface area contributed by atoms with Crippen LogP contribution in [-0.2, 0) is 6.54 Å². The van der Waals surface area contributed by atoms with E-state index in [2.05, 4.69) is 24.1 Å². The molecule has 1 rings (SSSR count). The SMILES string of the molecule is CC(C)(CN)CNCc1ccccn1. The Bertz CT molecular complexity index is 256. The van der Waals surface area contributed by atoms with E-state index in [9.17, 15) is 0 Å². The fraction of sp³-hybridized carbons (Fsp3) is 0.545. The van der Waals surface area contributed by atoms with Crippen molar-refractivity contribution in [2.45, 2.75) is 20.4 Å². The van der Waals surface area contributed by atoms with Crippen molar-refractivity contribution in [1.29, 1.82) is 0 Å². The fourth-order valence-corrected chi connectivity index (χ4v) is 1.10. The van der Waals surface area contributed by atoms with Crippen LogP contribution in [0.15, 0.2) is 24.4 Å². The smallest absolute Gasteiger partial charge is 0.0541 e. The van der Waals surface area contributed by atoms with Gasteiger partial charge in [-0.1, -0.05) is 19.9 Å². The maximum Gasteiger partial charge on any atom is 0.0541 e. The first-order valence-electron chi connectivity index (χ1n) is 4.95. The quantitative estimate of drug-likeness (QED) is 0.737. The first-order chi connectivity index (χ1) is 6.64. The zero-order valence-electron chi connectivity index (χ0n) is 8.96. The van der Waals surface area contributed by atoms with Gasteiger partial charge in [0.05, 0.1) is 5.69 Å². The first kappa shape index (κ1) is 11.1. The highest BCUT2D eigenvalue weighted by Crippen LogP contribution is 2.10. The number of aromatic nitrogens is 1. The molecule has 0 radical (unpaired) electrons. The summed E-state index contributed by atoms with van der Waals surface area (Å²) in [6, 6.07) is 5.94. The summed E-state index contributed by atoms with van der Waals surface area (Å²) >= 11 is 0. The van der Waals surface area contributed by atoms with E-state index in [1.807, 2.05) is 24.4 Å². The van der Waals surface area contributed by atoms with Crippen molar-refractivity contribution in [2.75, 3.05) is 13.1 Å². The van der Waals surface area contributed by atoms with Gasteiger partial charge in [0.2, 0.25) is 0 Å². The molecule has 0 saturated carbocycles. The lowest BCUT2D eigenvalue weighted by atomic mass is 9.94. The van der Waals surface area contributed by atoms with E-state index in [4.69, 9.17) is 5.73 Å². The molecular formula is C11H19N3. The minimum atomic E-state index is 0.161. The molecule has 0 saturated heterocycles. The molecule has 0 aliphatic heterocycles. The summed E-state index contributed by atoms with van der Waals surface area (Å²) in [6.07, 6.45) is 1.81. The van der Waals surface area contributed by atoms with Gasteiger partial charge in [-0.15, -0.1) is 0 Å². The van der Waals surface area contributed by atoms with Crippen LogP contribution in [0.4, 0.5) is 0 Å². The maximum absolute atomic E-state index is 5.63. The van der Waals surface area contributed by atoms with Gasteiger partial charge >= 0.3 is 0 Å². The number of rotatable bonds is 5. The summed E-state index contributed by atoms with van der Waals surface area (Å²) in [5, 5.41) is 3.35. The third-order valence-electron chi connectivity index (χ3n) is 2.19. The Balaban J connectivity index is 2.29. The summed E-state index contributed by atoms with van der Waals surface area (Å²) < 4.78 is 0. The molecule has 0 spiro atoms. The summed E-state index contributed by atoms with van der Waals surface area (Å²) in [6.45, 7) is 6.73. The van der Waals surface area contributed by atoms with E-state index in [-0.39, 0.29) is 5.41 Å². The lowest BCUT2D eigenvalue weighted by molar-refractivity contribution is 0.350. The molecule has 0 aliphatic carbocycles. The van der Waals surface area contributed by atoms with Crippen LogP contribution in [-0.4, -0.2) is 18.1 Å². The van der Waals surface area contributed by atoms with Crippen molar-refractivity contribution in [3.8, 4) is 0 Å². The van der Waals surface area contributed by atoms with Crippen LogP contribution in [0.2, 0.25) is 0 Å². The second-order valence-electron chi connectivity index (χ2n) is 4.29. The number of pyridine rings is 1. The fourth-order valence-electron chi connectivity index (χ4n) is 1.10. The van der Waals surface area contributed by atoms with Gasteiger partial charge in [-0.25, -0.2) is 0 Å². The van der Waals surface area contributed by atoms with Gasteiger partial charge in [0.15, 0.2) is 0 Å². The molecule has 0 bridgehead atoms. The zero-order valence-corrected chi connectivity index (χ0v) is 8.96. The predicted molar refractivity (Wildman–Crippen MR) is 58.8 cm³/mol. The van der Waals surface area contributed by atoms with Crippen LogP contribution in [0, 0.1) is 5.41 Å². The first-order valence-corrected chi connectivity index (χ1v) is 4.95. The van der Waals surface area contributed by atoms with Crippen LogP contribution in [0.1, 0.15) is 19.5 Å². The highest BCUT2D eigenvalue weighted by molar-refractivity contribution is 5.02. The van der Waals surface area contributed by atoms with Crippen molar-refractivity contribution >= 4 is 0 Å². The lowest BCUT2D eigenvalue weighted by Crippen LogP contribution is -2.35. The van der Waals surface area contributed by atoms with Crippen molar-refractivity contribution in [1.82, 2.24) is 10.3 Å². The van der Waals surface area contributed by atoms with Crippen molar-refractivity contribution in [2.24, 2.45) is 11.1 Å². The van der Waals surface area contributed by atoms with Gasteiger partial charge in [0, 0.05) is 19.3 Å². The average Bonchev–Trinajstić information content (AvgIpc) is 2.19. The molecule has 1 aromatic heterocycles. The van der Waals surface area contributed by atoms with E-state index in [1.165, 1.54) is 0 Å². The Morgan fingerprint density at radius 3 is 2.79 bits per heavy atom. The Morgan fingerprint density at radius 2 is 2.21 bits per heavy atom. The van der Waals surface area contributed by atoms with Crippen molar-refractivity contribution in [3.05, 3.63) is 30.1 Å². The predicted octanol–water partition coefficient (Wildman–Crippen LogP) is 1.16. The van der Waals surface area contributed by atoms with E-state index >= 15 is 0 Å². The molecule has 0 atom stereocenters. The Morgan fingerprint density at radius 1 is 1.43 bits per heavy atom. The highest BCUT2D eigenvalue weighted by atomic mass is 14.9. The molecule has 1 aromatic rings. The van der Waals surface area contributed by atoms with E-state index in [0.29, 0.717) is 6.54 Å². The van der Waals surface area contributed by atoms with Crippen LogP contribution in [0.25, 0.3) is 0 Å². The number of nitrogens with zero attached hydrogens (tertiary/aromatic N) is 1. The zero-order chi connectivity index (χ0) is 10.4. The standard InChI is InChI=1S/C11H19N3/c1-11(2,8-12)9-13-7-10-5-3-4-6-14-10/h3-6,13H,7-9,12H2,1-2H3. The van der Waals surface area contributed by atoms with Gasteiger partial charge in [0.25, 0.3) is 0 Å². The molecule has 0 aliphatic rings. The molecule has 0 unspecified atom stereocenters. The van der Waals surface area contributed by atoms with Crippen LogP contribution >= 0.6 is 0 Å². The lowest BCUT2D eigenvalue weighted by Gasteiger charge is -2.22. The second-order valence-corrected chi connectivity index (χ2v) is 4.29. The topological polar surface area (TPSA) is 50.9 Å². The molecular weight excluding hydrogens is 174 g/mol. The number of hydrogen-bond acceptors (Lipinski definition) is 3. The molecule has 3 N–H and O–H groups in total. The summed E-state index contributed by atoms with van der Waals surface area (Å²) in [4.78, 5) is 4.23. The summed E-state index contributed by atoms with van der Waals surface area (Å²) in [5.74, 6) is 0. The van der Waals surface area contributed by atoms with E-state index in [0.717, 1.165) is 18.8 Å². The molecule has 3 nitrogen and oxygen atoms in total. The van der Waals surface area contributed by atoms with Crippen molar-refractivity contribution < 1.29 is 0 Å². The Hall–Kier alpha value is -0.930. The molecule has 78 valence electrons. The molecule has 0 amide bonds. The monoisotopic (exact) mass is 193 g/mol. The highest BCUT2D eigenvalue weighted by Gasteiger charge is 2.14. The van der Waals surface area contributed by atoms with Crippen LogP contribution in [0.3, 0.4) is 0 Å². The van der Waals surface area contributed by atoms with Gasteiger partial charge < -0.3 is 11.1 Å². The molecule has 0 fully saturated rings. The number of nitrogens with two attached hydrogens (primary N) is 1. The van der Waals surface area contributed by atoms with Crippen LogP contribution < -0.4 is 11.1 Å². The number of nitrogens with one attached hydrogen (secondary N) is 1. The molecule has 1 heterocycles. The van der Waals surface area contributed by atoms with Gasteiger partial charge in [0.1, 0.15) is 0 Å². The largest absolute Gasteiger partial charge is 0.330 e. The van der Waals surface area contributed by atoms with Gasteiger partial charge in [-0.2, -0.15) is 0 Å².